The molecule has 1 aliphatic heterocycles. The second-order valence-electron chi connectivity index (χ2n) is 6.90. The standard InChI is InChI=1S/C17H25N5O3/c1-2-21-11-14(19-20-21)9-18-17(25)13-5-3-12(4-6-13)10-22-15(23)7-8-16(22)24/h11-13H,2-10H2,1H3,(H,18,25). The summed E-state index contributed by atoms with van der Waals surface area (Å²) in [6.45, 7) is 3.66. The molecule has 1 aromatic heterocycles. The third kappa shape index (κ3) is 4.24. The van der Waals surface area contributed by atoms with Gasteiger partial charge < -0.3 is 5.32 Å². The molecule has 25 heavy (non-hydrogen) atoms. The van der Waals surface area contributed by atoms with Crippen LogP contribution in [0, 0.1) is 11.8 Å². The Kier molecular flexibility index (Phi) is 5.45. The van der Waals surface area contributed by atoms with Crippen LogP contribution in [0.2, 0.25) is 0 Å². The maximum absolute atomic E-state index is 12.3. The van der Waals surface area contributed by atoms with Crippen molar-refractivity contribution in [3.8, 4) is 0 Å². The Morgan fingerprint density at radius 1 is 1.20 bits per heavy atom. The van der Waals surface area contributed by atoms with Gasteiger partial charge in [0.25, 0.3) is 0 Å². The van der Waals surface area contributed by atoms with E-state index in [1.54, 1.807) is 4.68 Å². The molecule has 8 heteroatoms. The van der Waals surface area contributed by atoms with E-state index >= 15 is 0 Å². The summed E-state index contributed by atoms with van der Waals surface area (Å²) < 4.78 is 1.73. The van der Waals surface area contributed by atoms with Gasteiger partial charge in [-0.15, -0.1) is 5.10 Å². The summed E-state index contributed by atoms with van der Waals surface area (Å²) in [4.78, 5) is 37.1. The second kappa shape index (κ2) is 7.76. The molecule has 1 aliphatic carbocycles. The maximum atomic E-state index is 12.3. The molecule has 1 saturated heterocycles. The molecule has 0 atom stereocenters. The average molecular weight is 347 g/mol. The molecule has 0 aromatic carbocycles. The largest absolute Gasteiger partial charge is 0.350 e. The first-order valence-corrected chi connectivity index (χ1v) is 9.06. The molecule has 3 amide bonds. The number of imide groups is 1. The van der Waals surface area contributed by atoms with Gasteiger partial charge in [-0.1, -0.05) is 5.21 Å². The molecule has 2 heterocycles. The fraction of sp³-hybridized carbons (Fsp3) is 0.706. The topological polar surface area (TPSA) is 97.2 Å². The quantitative estimate of drug-likeness (QED) is 0.770. The van der Waals surface area contributed by atoms with Crippen molar-refractivity contribution < 1.29 is 14.4 Å². The Hall–Kier alpha value is -2.25. The van der Waals surface area contributed by atoms with Crippen LogP contribution < -0.4 is 5.32 Å². The molecule has 3 rings (SSSR count). The lowest BCUT2D eigenvalue weighted by atomic mass is 9.81. The van der Waals surface area contributed by atoms with Crippen LogP contribution in [0.5, 0.6) is 0 Å². The van der Waals surface area contributed by atoms with Crippen LogP contribution in [0.4, 0.5) is 0 Å². The normalized spacial score (nSPS) is 24.0. The van der Waals surface area contributed by atoms with E-state index in [-0.39, 0.29) is 23.6 Å². The molecule has 0 spiro atoms. The molecule has 0 bridgehead atoms. The van der Waals surface area contributed by atoms with Crippen molar-refractivity contribution in [3.63, 3.8) is 0 Å². The third-order valence-electron chi connectivity index (χ3n) is 5.17. The minimum atomic E-state index is -0.0509. The molecule has 1 saturated carbocycles. The second-order valence-corrected chi connectivity index (χ2v) is 6.90. The first kappa shape index (κ1) is 17.6. The Morgan fingerprint density at radius 3 is 2.48 bits per heavy atom. The van der Waals surface area contributed by atoms with Crippen LogP contribution in [0.3, 0.4) is 0 Å². The van der Waals surface area contributed by atoms with Crippen molar-refractivity contribution in [3.05, 3.63) is 11.9 Å². The first-order chi connectivity index (χ1) is 12.1. The van der Waals surface area contributed by atoms with Gasteiger partial charge >= 0.3 is 0 Å². The minimum Gasteiger partial charge on any atom is -0.350 e. The average Bonchev–Trinajstić information content (AvgIpc) is 3.22. The summed E-state index contributed by atoms with van der Waals surface area (Å²) in [5.41, 5.74) is 0.759. The molecule has 1 N–H and O–H groups in total. The Balaban J connectivity index is 1.41. The lowest BCUT2D eigenvalue weighted by molar-refractivity contribution is -0.139. The third-order valence-corrected chi connectivity index (χ3v) is 5.17. The highest BCUT2D eigenvalue weighted by Gasteiger charge is 2.33. The Labute approximate surface area is 146 Å². The predicted molar refractivity (Wildman–Crippen MR) is 88.9 cm³/mol. The van der Waals surface area contributed by atoms with Gasteiger partial charge in [-0.3, -0.25) is 24.0 Å². The fourth-order valence-corrected chi connectivity index (χ4v) is 3.59. The first-order valence-electron chi connectivity index (χ1n) is 9.06. The number of aromatic nitrogens is 3. The van der Waals surface area contributed by atoms with E-state index in [0.717, 1.165) is 37.9 Å². The van der Waals surface area contributed by atoms with E-state index in [1.807, 2.05) is 13.1 Å². The van der Waals surface area contributed by atoms with Gasteiger partial charge in [-0.2, -0.15) is 0 Å². The van der Waals surface area contributed by atoms with E-state index in [4.69, 9.17) is 0 Å². The number of hydrogen-bond donors (Lipinski definition) is 1. The van der Waals surface area contributed by atoms with Crippen molar-refractivity contribution in [2.75, 3.05) is 6.54 Å². The van der Waals surface area contributed by atoms with Gasteiger partial charge in [0.1, 0.15) is 5.69 Å². The maximum Gasteiger partial charge on any atom is 0.229 e. The number of nitrogens with one attached hydrogen (secondary N) is 1. The van der Waals surface area contributed by atoms with E-state index < -0.39 is 0 Å². The number of hydrogen-bond acceptors (Lipinski definition) is 5. The van der Waals surface area contributed by atoms with Crippen LogP contribution >= 0.6 is 0 Å². The zero-order valence-electron chi connectivity index (χ0n) is 14.6. The summed E-state index contributed by atoms with van der Waals surface area (Å²) in [7, 11) is 0. The lowest BCUT2D eigenvalue weighted by Crippen LogP contribution is -2.37. The number of aryl methyl sites for hydroxylation is 1. The molecule has 136 valence electrons. The number of amides is 3. The van der Waals surface area contributed by atoms with E-state index in [1.165, 1.54) is 4.90 Å². The van der Waals surface area contributed by atoms with E-state index in [9.17, 15) is 14.4 Å². The molecular formula is C17H25N5O3. The Morgan fingerprint density at radius 2 is 1.88 bits per heavy atom. The number of rotatable bonds is 6. The number of nitrogens with zero attached hydrogens (tertiary/aromatic N) is 4. The molecule has 2 aliphatic rings. The van der Waals surface area contributed by atoms with Crippen molar-refractivity contribution in [1.82, 2.24) is 25.2 Å². The van der Waals surface area contributed by atoms with Crippen LogP contribution in [0.25, 0.3) is 0 Å². The Bertz CT molecular complexity index is 632. The fourth-order valence-electron chi connectivity index (χ4n) is 3.59. The summed E-state index contributed by atoms with van der Waals surface area (Å²) >= 11 is 0. The van der Waals surface area contributed by atoms with Crippen LogP contribution in [-0.2, 0) is 27.5 Å². The van der Waals surface area contributed by atoms with Crippen LogP contribution in [0.1, 0.15) is 51.1 Å². The molecule has 2 fully saturated rings. The van der Waals surface area contributed by atoms with Crippen LogP contribution in [-0.4, -0.2) is 44.2 Å². The predicted octanol–water partition coefficient (Wildman–Crippen LogP) is 0.870. The summed E-state index contributed by atoms with van der Waals surface area (Å²) in [6.07, 6.45) is 5.88. The summed E-state index contributed by atoms with van der Waals surface area (Å²) in [6, 6.07) is 0. The summed E-state index contributed by atoms with van der Waals surface area (Å²) in [5, 5.41) is 10.9. The van der Waals surface area contributed by atoms with Crippen LogP contribution in [0.15, 0.2) is 6.20 Å². The smallest absolute Gasteiger partial charge is 0.229 e. The molecule has 1 aromatic rings. The van der Waals surface area contributed by atoms with Crippen molar-refractivity contribution in [2.24, 2.45) is 11.8 Å². The monoisotopic (exact) mass is 347 g/mol. The number of carbonyl (C=O) groups excluding carboxylic acids is 3. The van der Waals surface area contributed by atoms with Crippen molar-refractivity contribution in [2.45, 2.75) is 58.5 Å². The number of likely N-dealkylation sites (tertiary alicyclic amines) is 1. The summed E-state index contributed by atoms with van der Waals surface area (Å²) in [5.74, 6) is 0.273. The van der Waals surface area contributed by atoms with Gasteiger partial charge in [-0.05, 0) is 38.5 Å². The number of carbonyl (C=O) groups is 3. The highest BCUT2D eigenvalue weighted by Crippen LogP contribution is 2.30. The van der Waals surface area contributed by atoms with Crippen molar-refractivity contribution in [1.29, 1.82) is 0 Å². The molecular weight excluding hydrogens is 322 g/mol. The van der Waals surface area contributed by atoms with Gasteiger partial charge in [-0.25, -0.2) is 0 Å². The van der Waals surface area contributed by atoms with Crippen molar-refractivity contribution >= 4 is 17.7 Å². The van der Waals surface area contributed by atoms with Gasteiger partial charge in [0.05, 0.1) is 12.7 Å². The molecule has 8 nitrogen and oxygen atoms in total. The zero-order valence-corrected chi connectivity index (χ0v) is 14.6. The lowest BCUT2D eigenvalue weighted by Gasteiger charge is -2.29. The highest BCUT2D eigenvalue weighted by atomic mass is 16.2. The van der Waals surface area contributed by atoms with E-state index in [2.05, 4.69) is 15.6 Å². The van der Waals surface area contributed by atoms with Gasteiger partial charge in [0.15, 0.2) is 0 Å². The van der Waals surface area contributed by atoms with E-state index in [0.29, 0.717) is 31.8 Å². The van der Waals surface area contributed by atoms with Gasteiger partial charge in [0.2, 0.25) is 17.7 Å². The van der Waals surface area contributed by atoms with Gasteiger partial charge in [0, 0.05) is 31.8 Å². The zero-order chi connectivity index (χ0) is 17.8. The molecule has 0 unspecified atom stereocenters. The SMILES string of the molecule is CCn1cc(CNC(=O)C2CCC(CN3C(=O)CCC3=O)CC2)nn1. The minimum absolute atomic E-state index is 0.00227. The molecule has 0 radical (unpaired) electrons. The highest BCUT2D eigenvalue weighted by molar-refractivity contribution is 6.01.